The summed E-state index contributed by atoms with van der Waals surface area (Å²) in [6.45, 7) is 5.31. The lowest BCUT2D eigenvalue weighted by Crippen LogP contribution is -2.48. The average Bonchev–Trinajstić information content (AvgIpc) is 2.74. The van der Waals surface area contributed by atoms with Gasteiger partial charge in [-0.2, -0.15) is 0 Å². The van der Waals surface area contributed by atoms with E-state index in [2.05, 4.69) is 4.90 Å². The summed E-state index contributed by atoms with van der Waals surface area (Å²) in [4.78, 5) is 15.1. The van der Waals surface area contributed by atoms with Gasteiger partial charge in [0, 0.05) is 13.1 Å². The number of ketones is 1. The molecule has 0 amide bonds. The van der Waals surface area contributed by atoms with E-state index in [1.807, 2.05) is 13.8 Å². The van der Waals surface area contributed by atoms with Crippen molar-refractivity contribution in [3.63, 3.8) is 0 Å². The minimum atomic E-state index is -0.578. The zero-order valence-electron chi connectivity index (χ0n) is 10.6. The molecule has 1 N–H and O–H groups in total. The Morgan fingerprint density at radius 1 is 1.50 bits per heavy atom. The molecule has 0 aliphatic carbocycles. The Labute approximate surface area is 116 Å². The largest absolute Gasteiger partial charge is 0.390 e. The first kappa shape index (κ1) is 14.0. The Hall–Kier alpha value is -0.420. The number of thiophene rings is 1. The third-order valence-electron chi connectivity index (χ3n) is 3.62. The van der Waals surface area contributed by atoms with Gasteiger partial charge in [0.2, 0.25) is 0 Å². The molecule has 1 atom stereocenters. The molecule has 0 spiro atoms. The summed E-state index contributed by atoms with van der Waals surface area (Å²) in [6, 6.07) is 3.40. The molecule has 2 rings (SSSR count). The summed E-state index contributed by atoms with van der Waals surface area (Å²) in [7, 11) is 0. The maximum Gasteiger partial charge on any atom is 0.189 e. The van der Waals surface area contributed by atoms with Gasteiger partial charge in [-0.25, -0.2) is 0 Å². The molecule has 100 valence electrons. The Bertz CT molecular complexity index is 434. The van der Waals surface area contributed by atoms with E-state index in [4.69, 9.17) is 11.6 Å². The van der Waals surface area contributed by atoms with E-state index < -0.39 is 5.60 Å². The minimum absolute atomic E-state index is 0.119. The predicted octanol–water partition coefficient (Wildman–Crippen LogP) is 2.82. The van der Waals surface area contributed by atoms with Crippen LogP contribution in [0.3, 0.4) is 0 Å². The van der Waals surface area contributed by atoms with Gasteiger partial charge < -0.3 is 5.11 Å². The molecule has 2 heterocycles. The van der Waals surface area contributed by atoms with E-state index in [1.165, 1.54) is 11.3 Å². The number of hydrogen-bond acceptors (Lipinski definition) is 4. The molecule has 0 saturated carbocycles. The lowest BCUT2D eigenvalue weighted by atomic mass is 9.92. The van der Waals surface area contributed by atoms with Gasteiger partial charge in [0.05, 0.1) is 20.9 Å². The molecule has 1 aromatic rings. The molecule has 18 heavy (non-hydrogen) atoms. The number of nitrogens with zero attached hydrogens (tertiary/aromatic N) is 1. The Kier molecular flexibility index (Phi) is 4.11. The van der Waals surface area contributed by atoms with Crippen molar-refractivity contribution < 1.29 is 9.90 Å². The number of piperidine rings is 1. The van der Waals surface area contributed by atoms with Gasteiger partial charge in [0.15, 0.2) is 5.78 Å². The first-order valence-corrected chi connectivity index (χ1v) is 7.34. The van der Waals surface area contributed by atoms with Crippen molar-refractivity contribution in [2.45, 2.75) is 38.3 Å². The molecule has 1 aliphatic rings. The monoisotopic (exact) mass is 287 g/mol. The molecule has 1 aromatic heterocycles. The molecule has 1 unspecified atom stereocenters. The van der Waals surface area contributed by atoms with Crippen LogP contribution in [-0.4, -0.2) is 40.5 Å². The highest BCUT2D eigenvalue weighted by Gasteiger charge is 2.32. The summed E-state index contributed by atoms with van der Waals surface area (Å²) in [5.41, 5.74) is -0.578. The number of Topliss-reactive ketones (excluding diaryl/α,β-unsaturated/α-hetero) is 1. The topological polar surface area (TPSA) is 40.5 Å². The van der Waals surface area contributed by atoms with E-state index >= 15 is 0 Å². The highest BCUT2D eigenvalue weighted by molar-refractivity contribution is 7.18. The van der Waals surface area contributed by atoms with Gasteiger partial charge in [-0.1, -0.05) is 11.6 Å². The maximum absolute atomic E-state index is 12.3. The van der Waals surface area contributed by atoms with Crippen molar-refractivity contribution in [3.8, 4) is 0 Å². The number of carbonyl (C=O) groups is 1. The maximum atomic E-state index is 12.3. The zero-order chi connectivity index (χ0) is 13.3. The molecule has 1 fully saturated rings. The van der Waals surface area contributed by atoms with Crippen molar-refractivity contribution in [2.75, 3.05) is 13.1 Å². The van der Waals surface area contributed by atoms with E-state index in [9.17, 15) is 9.90 Å². The van der Waals surface area contributed by atoms with Crippen LogP contribution in [0, 0.1) is 0 Å². The SMILES string of the molecule is CC(C(=O)c1ccc(Cl)s1)N1CCC(C)(O)CC1. The van der Waals surface area contributed by atoms with Crippen LogP contribution in [0.25, 0.3) is 0 Å². The Morgan fingerprint density at radius 3 is 2.61 bits per heavy atom. The van der Waals surface area contributed by atoms with Gasteiger partial charge in [0.1, 0.15) is 0 Å². The molecular weight excluding hydrogens is 270 g/mol. The molecular formula is C13H18ClNO2S. The fourth-order valence-electron chi connectivity index (χ4n) is 2.21. The first-order chi connectivity index (χ1) is 8.39. The van der Waals surface area contributed by atoms with E-state index in [0.717, 1.165) is 25.9 Å². The Balaban J connectivity index is 2.00. The molecule has 1 aliphatic heterocycles. The first-order valence-electron chi connectivity index (χ1n) is 6.15. The second kappa shape index (κ2) is 5.29. The molecule has 0 aromatic carbocycles. The van der Waals surface area contributed by atoms with E-state index in [0.29, 0.717) is 9.21 Å². The van der Waals surface area contributed by atoms with Crippen LogP contribution in [0.5, 0.6) is 0 Å². The van der Waals surface area contributed by atoms with E-state index in [-0.39, 0.29) is 11.8 Å². The van der Waals surface area contributed by atoms with Crippen LogP contribution in [0.1, 0.15) is 36.4 Å². The van der Waals surface area contributed by atoms with Crippen LogP contribution >= 0.6 is 22.9 Å². The summed E-state index contributed by atoms with van der Waals surface area (Å²) in [6.07, 6.45) is 1.44. The molecule has 0 radical (unpaired) electrons. The van der Waals surface area contributed by atoms with Gasteiger partial charge in [-0.05, 0) is 38.8 Å². The molecule has 1 saturated heterocycles. The number of aliphatic hydroxyl groups is 1. The second-order valence-electron chi connectivity index (χ2n) is 5.18. The third kappa shape index (κ3) is 3.12. The smallest absolute Gasteiger partial charge is 0.189 e. The number of carbonyl (C=O) groups excluding carboxylic acids is 1. The van der Waals surface area contributed by atoms with E-state index in [1.54, 1.807) is 12.1 Å². The van der Waals surface area contributed by atoms with Crippen LogP contribution in [0.2, 0.25) is 4.34 Å². The third-order valence-corrected chi connectivity index (χ3v) is 4.86. The fraction of sp³-hybridized carbons (Fsp3) is 0.615. The lowest BCUT2D eigenvalue weighted by molar-refractivity contribution is -0.0126. The van der Waals surface area contributed by atoms with Crippen LogP contribution < -0.4 is 0 Å². The van der Waals surface area contributed by atoms with Crippen molar-refractivity contribution >= 4 is 28.7 Å². The molecule has 5 heteroatoms. The second-order valence-corrected chi connectivity index (χ2v) is 6.89. The number of likely N-dealkylation sites (tertiary alicyclic amines) is 1. The van der Waals surface area contributed by atoms with Crippen molar-refractivity contribution in [2.24, 2.45) is 0 Å². The van der Waals surface area contributed by atoms with Gasteiger partial charge in [-0.3, -0.25) is 9.69 Å². The van der Waals surface area contributed by atoms with Gasteiger partial charge in [0.25, 0.3) is 0 Å². The van der Waals surface area contributed by atoms with Gasteiger partial charge >= 0.3 is 0 Å². The highest BCUT2D eigenvalue weighted by Crippen LogP contribution is 2.26. The van der Waals surface area contributed by atoms with Crippen LogP contribution in [0.4, 0.5) is 0 Å². The van der Waals surface area contributed by atoms with Gasteiger partial charge in [-0.15, -0.1) is 11.3 Å². The summed E-state index contributed by atoms with van der Waals surface area (Å²) >= 11 is 7.18. The molecule has 0 bridgehead atoms. The number of hydrogen-bond donors (Lipinski definition) is 1. The Morgan fingerprint density at radius 2 is 2.11 bits per heavy atom. The normalized spacial score (nSPS) is 21.8. The van der Waals surface area contributed by atoms with Crippen molar-refractivity contribution in [1.82, 2.24) is 4.90 Å². The standard InChI is InChI=1S/C13H18ClNO2S/c1-9(12(16)10-3-4-11(14)18-10)15-7-5-13(2,17)6-8-15/h3-4,9,17H,5-8H2,1-2H3. The molecule has 3 nitrogen and oxygen atoms in total. The lowest BCUT2D eigenvalue weighted by Gasteiger charge is -2.38. The van der Waals surface area contributed by atoms with Crippen LogP contribution in [0.15, 0.2) is 12.1 Å². The van der Waals surface area contributed by atoms with Crippen molar-refractivity contribution in [3.05, 3.63) is 21.3 Å². The number of halogens is 1. The highest BCUT2D eigenvalue weighted by atomic mass is 35.5. The minimum Gasteiger partial charge on any atom is -0.390 e. The summed E-state index contributed by atoms with van der Waals surface area (Å²) in [5.74, 6) is 0.119. The fourth-order valence-corrected chi connectivity index (χ4v) is 3.28. The summed E-state index contributed by atoms with van der Waals surface area (Å²) in [5, 5.41) is 9.91. The van der Waals surface area contributed by atoms with Crippen molar-refractivity contribution in [1.29, 1.82) is 0 Å². The quantitative estimate of drug-likeness (QED) is 0.869. The zero-order valence-corrected chi connectivity index (χ0v) is 12.2. The average molecular weight is 288 g/mol. The number of rotatable bonds is 3. The van der Waals surface area contributed by atoms with Crippen LogP contribution in [-0.2, 0) is 0 Å². The predicted molar refractivity (Wildman–Crippen MR) is 74.6 cm³/mol. The summed E-state index contributed by atoms with van der Waals surface area (Å²) < 4.78 is 0.645.